The number of carbonyl (C=O) groups is 1. The van der Waals surface area contributed by atoms with Gasteiger partial charge in [0.05, 0.1) is 4.92 Å². The van der Waals surface area contributed by atoms with Crippen molar-refractivity contribution >= 4 is 23.4 Å². The van der Waals surface area contributed by atoms with Crippen LogP contribution in [0.2, 0.25) is 0 Å². The smallest absolute Gasteiger partial charge is 0.354 e. The third kappa shape index (κ3) is 3.50. The maximum absolute atomic E-state index is 10.5. The van der Waals surface area contributed by atoms with Crippen molar-refractivity contribution < 1.29 is 14.8 Å². The molecule has 0 bridgehead atoms. The van der Waals surface area contributed by atoms with Crippen molar-refractivity contribution in [3.05, 3.63) is 27.9 Å². The highest BCUT2D eigenvalue weighted by atomic mass is 32.2. The van der Waals surface area contributed by atoms with Crippen LogP contribution < -0.4 is 0 Å². The Labute approximate surface area is 96.8 Å². The van der Waals surface area contributed by atoms with Gasteiger partial charge in [-0.05, 0) is 12.3 Å². The van der Waals surface area contributed by atoms with E-state index >= 15 is 0 Å². The first kappa shape index (κ1) is 14.4. The van der Waals surface area contributed by atoms with Crippen molar-refractivity contribution in [2.45, 2.75) is 18.9 Å². The molecule has 0 spiro atoms. The second-order valence-corrected chi connectivity index (χ2v) is 3.08. The number of aromatic nitrogens is 1. The minimum absolute atomic E-state index is 0.106. The van der Waals surface area contributed by atoms with Crippen LogP contribution in [0.15, 0.2) is 17.2 Å². The van der Waals surface area contributed by atoms with Crippen LogP contribution in [-0.2, 0) is 0 Å². The number of nitrogens with zero attached hydrogens (tertiary/aromatic N) is 2. The lowest BCUT2D eigenvalue weighted by Crippen LogP contribution is -2.02. The molecule has 0 atom stereocenters. The summed E-state index contributed by atoms with van der Waals surface area (Å²) in [7, 11) is 0. The summed E-state index contributed by atoms with van der Waals surface area (Å²) in [4.78, 5) is 24.0. The van der Waals surface area contributed by atoms with Gasteiger partial charge in [-0.3, -0.25) is 10.1 Å². The molecule has 0 aliphatic rings. The molecule has 0 aromatic carbocycles. The van der Waals surface area contributed by atoms with E-state index in [9.17, 15) is 14.9 Å². The Balaban J connectivity index is 0.00000106. The molecule has 16 heavy (non-hydrogen) atoms. The summed E-state index contributed by atoms with van der Waals surface area (Å²) >= 11 is 1.04. The van der Waals surface area contributed by atoms with Gasteiger partial charge in [0.15, 0.2) is 5.03 Å². The number of nitro groups is 1. The van der Waals surface area contributed by atoms with Crippen LogP contribution in [0.1, 0.15) is 24.3 Å². The Kier molecular flexibility index (Phi) is 6.09. The molecule has 0 amide bonds. The molecule has 1 N–H and O–H groups in total. The zero-order chi connectivity index (χ0) is 12.7. The molecule has 1 aromatic heterocycles. The van der Waals surface area contributed by atoms with Gasteiger partial charge in [-0.2, -0.15) is 0 Å². The lowest BCUT2D eigenvalue weighted by Gasteiger charge is -1.99. The Bertz CT molecular complexity index is 395. The van der Waals surface area contributed by atoms with E-state index in [1.54, 1.807) is 6.26 Å². The number of pyridine rings is 1. The molecule has 1 aromatic rings. The fourth-order valence-corrected chi connectivity index (χ4v) is 1.38. The number of carboxylic acids is 1. The Hall–Kier alpha value is -1.63. The Morgan fingerprint density at radius 1 is 1.50 bits per heavy atom. The second kappa shape index (κ2) is 6.78. The van der Waals surface area contributed by atoms with Gasteiger partial charge in [-0.1, -0.05) is 13.8 Å². The van der Waals surface area contributed by atoms with E-state index in [1.807, 2.05) is 13.8 Å². The van der Waals surface area contributed by atoms with Crippen LogP contribution in [0.5, 0.6) is 0 Å². The van der Waals surface area contributed by atoms with Gasteiger partial charge < -0.3 is 5.11 Å². The SMILES string of the molecule is CC.CSc1nc(C(=O)O)ccc1[N+](=O)[O-]. The fourth-order valence-electron chi connectivity index (χ4n) is 0.841. The summed E-state index contributed by atoms with van der Waals surface area (Å²) in [5.41, 5.74) is -0.373. The molecule has 1 rings (SSSR count). The Morgan fingerprint density at radius 3 is 2.44 bits per heavy atom. The molecule has 0 radical (unpaired) electrons. The van der Waals surface area contributed by atoms with Crippen LogP contribution >= 0.6 is 11.8 Å². The number of carboxylic acid groups (broad SMARTS) is 1. The third-order valence-electron chi connectivity index (χ3n) is 1.45. The number of thioether (sulfide) groups is 1. The maximum atomic E-state index is 10.5. The van der Waals surface area contributed by atoms with E-state index in [0.717, 1.165) is 23.9 Å². The molecule has 6 nitrogen and oxygen atoms in total. The average Bonchev–Trinajstić information content (AvgIpc) is 2.30. The third-order valence-corrected chi connectivity index (χ3v) is 2.14. The predicted octanol–water partition coefficient (Wildman–Crippen LogP) is 2.44. The summed E-state index contributed by atoms with van der Waals surface area (Å²) in [5, 5.41) is 19.2. The van der Waals surface area contributed by atoms with Crippen molar-refractivity contribution in [3.63, 3.8) is 0 Å². The van der Waals surface area contributed by atoms with E-state index < -0.39 is 10.9 Å². The molecule has 0 unspecified atom stereocenters. The summed E-state index contributed by atoms with van der Waals surface area (Å²) in [5.74, 6) is -1.20. The molecule has 0 fully saturated rings. The summed E-state index contributed by atoms with van der Waals surface area (Å²) < 4.78 is 0. The lowest BCUT2D eigenvalue weighted by molar-refractivity contribution is -0.388. The molecule has 88 valence electrons. The number of hydrogen-bond acceptors (Lipinski definition) is 5. The van der Waals surface area contributed by atoms with Gasteiger partial charge in [0, 0.05) is 6.07 Å². The van der Waals surface area contributed by atoms with E-state index in [0.29, 0.717) is 0 Å². The largest absolute Gasteiger partial charge is 0.477 e. The maximum Gasteiger partial charge on any atom is 0.354 e. The van der Waals surface area contributed by atoms with Gasteiger partial charge in [0.2, 0.25) is 0 Å². The summed E-state index contributed by atoms with van der Waals surface area (Å²) in [6.07, 6.45) is 1.60. The minimum Gasteiger partial charge on any atom is -0.477 e. The van der Waals surface area contributed by atoms with Gasteiger partial charge in [-0.15, -0.1) is 11.8 Å². The predicted molar refractivity (Wildman–Crippen MR) is 61.0 cm³/mol. The van der Waals surface area contributed by atoms with Crippen molar-refractivity contribution in [1.82, 2.24) is 4.98 Å². The minimum atomic E-state index is -1.20. The van der Waals surface area contributed by atoms with Crippen molar-refractivity contribution in [1.29, 1.82) is 0 Å². The van der Waals surface area contributed by atoms with Gasteiger partial charge in [0.25, 0.3) is 0 Å². The first-order chi connectivity index (χ1) is 7.56. The van der Waals surface area contributed by atoms with Gasteiger partial charge in [0.1, 0.15) is 5.69 Å². The molecule has 7 heteroatoms. The van der Waals surface area contributed by atoms with E-state index in [1.165, 1.54) is 0 Å². The fraction of sp³-hybridized carbons (Fsp3) is 0.333. The van der Waals surface area contributed by atoms with Crippen LogP contribution in [-0.4, -0.2) is 27.2 Å². The summed E-state index contributed by atoms with van der Waals surface area (Å²) in [6.45, 7) is 4.00. The molecule has 1 heterocycles. The average molecular weight is 244 g/mol. The van der Waals surface area contributed by atoms with Crippen LogP contribution in [0.25, 0.3) is 0 Å². The lowest BCUT2D eigenvalue weighted by atomic mass is 10.3. The zero-order valence-electron chi connectivity index (χ0n) is 9.13. The zero-order valence-corrected chi connectivity index (χ0v) is 9.95. The number of rotatable bonds is 3. The van der Waals surface area contributed by atoms with Crippen LogP contribution in [0.4, 0.5) is 5.69 Å². The highest BCUT2D eigenvalue weighted by molar-refractivity contribution is 7.98. The first-order valence-electron chi connectivity index (χ1n) is 4.49. The molecular weight excluding hydrogens is 232 g/mol. The molecular formula is C9H12N2O4S. The summed E-state index contributed by atoms with van der Waals surface area (Å²) in [6, 6.07) is 2.25. The highest BCUT2D eigenvalue weighted by Gasteiger charge is 2.17. The normalized spacial score (nSPS) is 8.94. The standard InChI is InChI=1S/C7H6N2O4S.C2H6/c1-14-6-5(9(12)13)3-2-4(8-6)7(10)11;1-2/h2-3H,1H3,(H,10,11);1-2H3. The molecule has 0 aliphatic heterocycles. The first-order valence-corrected chi connectivity index (χ1v) is 5.71. The number of hydrogen-bond donors (Lipinski definition) is 1. The highest BCUT2D eigenvalue weighted by Crippen LogP contribution is 2.24. The van der Waals surface area contributed by atoms with Crippen molar-refractivity contribution in [2.24, 2.45) is 0 Å². The van der Waals surface area contributed by atoms with Crippen LogP contribution in [0, 0.1) is 10.1 Å². The van der Waals surface area contributed by atoms with Crippen LogP contribution in [0.3, 0.4) is 0 Å². The molecule has 0 saturated carbocycles. The number of aromatic carboxylic acids is 1. The van der Waals surface area contributed by atoms with Gasteiger partial charge in [-0.25, -0.2) is 9.78 Å². The molecule has 0 aliphatic carbocycles. The topological polar surface area (TPSA) is 93.3 Å². The van der Waals surface area contributed by atoms with E-state index in [4.69, 9.17) is 5.11 Å². The van der Waals surface area contributed by atoms with E-state index in [-0.39, 0.29) is 16.4 Å². The van der Waals surface area contributed by atoms with Crippen molar-refractivity contribution in [2.75, 3.05) is 6.26 Å². The Morgan fingerprint density at radius 2 is 2.06 bits per heavy atom. The monoisotopic (exact) mass is 244 g/mol. The second-order valence-electron chi connectivity index (χ2n) is 2.29. The molecule has 0 saturated heterocycles. The van der Waals surface area contributed by atoms with Gasteiger partial charge >= 0.3 is 11.7 Å². The quantitative estimate of drug-likeness (QED) is 0.498. The van der Waals surface area contributed by atoms with Crippen molar-refractivity contribution in [3.8, 4) is 0 Å². The van der Waals surface area contributed by atoms with E-state index in [2.05, 4.69) is 4.98 Å².